The van der Waals surface area contributed by atoms with Crippen molar-refractivity contribution in [1.82, 2.24) is 47.4 Å². The number of aliphatic imine (C=N–C) groups is 3. The number of carboxylic acid groups (broad SMARTS) is 1. The Labute approximate surface area is 624 Å². The first-order valence-electron chi connectivity index (χ1n) is 34.7. The van der Waals surface area contributed by atoms with E-state index in [1.165, 1.54) is 13.2 Å². The van der Waals surface area contributed by atoms with Crippen LogP contribution in [0.15, 0.2) is 66.7 Å². The van der Waals surface area contributed by atoms with E-state index in [1.807, 2.05) is 0 Å². The Bertz CT molecular complexity index is 3970. The molecule has 4 rings (SSSR count). The molecule has 2 aromatic carbocycles. The van der Waals surface area contributed by atoms with E-state index in [-0.39, 0.29) is 131 Å². The number of carbonyl (C=O) groups is 12. The molecule has 1 fully saturated rings. The summed E-state index contributed by atoms with van der Waals surface area (Å²) < 4.78 is 10.6. The van der Waals surface area contributed by atoms with E-state index < -0.39 is 190 Å². The first kappa shape index (κ1) is 89.1. The van der Waals surface area contributed by atoms with Crippen molar-refractivity contribution in [1.29, 1.82) is 0 Å². The van der Waals surface area contributed by atoms with Crippen molar-refractivity contribution >= 4 is 117 Å². The Balaban J connectivity index is 1.59. The van der Waals surface area contributed by atoms with Gasteiger partial charge in [-0.1, -0.05) is 27.7 Å². The average Bonchev–Trinajstić information content (AvgIpc) is 1.77. The molecule has 598 valence electrons. The summed E-state index contributed by atoms with van der Waals surface area (Å²) >= 11 is 0. The van der Waals surface area contributed by atoms with Crippen LogP contribution >= 0.6 is 0 Å². The molecule has 1 saturated heterocycles. The number of anilines is 1. The van der Waals surface area contributed by atoms with Gasteiger partial charge < -0.3 is 113 Å². The highest BCUT2D eigenvalue weighted by Gasteiger charge is 2.48. The number of non-ortho nitro benzene ring substituents is 1. The lowest BCUT2D eigenvalue weighted by molar-refractivity contribution is -0.393. The summed E-state index contributed by atoms with van der Waals surface area (Å²) in [5, 5.41) is 56.0. The highest BCUT2D eigenvalue weighted by atomic mass is 16.6. The van der Waals surface area contributed by atoms with Crippen LogP contribution in [0.2, 0.25) is 0 Å². The normalized spacial score (nSPS) is 14.9. The molecule has 10 amide bonds. The minimum atomic E-state index is -2.32. The van der Waals surface area contributed by atoms with E-state index in [4.69, 9.17) is 55.0 Å². The van der Waals surface area contributed by atoms with Gasteiger partial charge in [-0.05, 0) is 113 Å². The van der Waals surface area contributed by atoms with Crippen molar-refractivity contribution in [2.45, 2.75) is 172 Å². The number of rotatable bonds is 46. The zero-order valence-electron chi connectivity index (χ0n) is 61.3. The third-order valence-electron chi connectivity index (χ3n) is 17.0. The number of hydrogen-bond acceptors (Lipinski definition) is 24. The van der Waals surface area contributed by atoms with Gasteiger partial charge >= 0.3 is 11.6 Å². The fourth-order valence-electron chi connectivity index (χ4n) is 11.4. The molecule has 1 aliphatic heterocycles. The predicted molar refractivity (Wildman–Crippen MR) is 395 cm³/mol. The number of guanidine groups is 3. The summed E-state index contributed by atoms with van der Waals surface area (Å²) in [6, 6.07) is -4.13. The van der Waals surface area contributed by atoms with Crippen LogP contribution in [0.4, 0.5) is 17.1 Å². The third kappa shape index (κ3) is 28.8. The van der Waals surface area contributed by atoms with Crippen molar-refractivity contribution in [3.05, 3.63) is 78.7 Å². The molecular weight excluding hydrogens is 1430 g/mol. The summed E-state index contributed by atoms with van der Waals surface area (Å²) in [4.78, 5) is 214. The molecule has 0 spiro atoms. The van der Waals surface area contributed by atoms with Crippen molar-refractivity contribution in [3.8, 4) is 5.75 Å². The minimum absolute atomic E-state index is 0.0158. The van der Waals surface area contributed by atoms with Crippen LogP contribution in [-0.2, 0) is 64.0 Å². The fourth-order valence-corrected chi connectivity index (χ4v) is 11.4. The van der Waals surface area contributed by atoms with E-state index in [1.54, 1.807) is 39.8 Å². The molecule has 3 aromatic rings. The van der Waals surface area contributed by atoms with Gasteiger partial charge in [-0.25, -0.2) is 4.79 Å². The van der Waals surface area contributed by atoms with E-state index in [9.17, 15) is 87.7 Å². The lowest BCUT2D eigenvalue weighted by atomic mass is 9.84. The van der Waals surface area contributed by atoms with Crippen molar-refractivity contribution < 1.29 is 81.6 Å². The van der Waals surface area contributed by atoms with E-state index in [2.05, 4.69) is 62.8 Å². The molecule has 9 atom stereocenters. The molecule has 0 radical (unpaired) electrons. The van der Waals surface area contributed by atoms with E-state index in [0.29, 0.717) is 17.2 Å². The molecule has 1 aromatic heterocycles. The van der Waals surface area contributed by atoms with Crippen LogP contribution in [0.3, 0.4) is 0 Å². The second kappa shape index (κ2) is 42.7. The maximum absolute atomic E-state index is 14.8. The first-order valence-corrected chi connectivity index (χ1v) is 34.7. The smallest absolute Gasteiger partial charge is 0.336 e. The summed E-state index contributed by atoms with van der Waals surface area (Å²) in [6.45, 7) is 6.19. The highest BCUT2D eigenvalue weighted by molar-refractivity contribution is 6.13. The number of nitrogens with one attached hydrogen (secondary N) is 9. The maximum atomic E-state index is 14.8. The number of Topliss-reactive ketones (excluding diaryl/α,β-unsaturated/α-hetero) is 1. The number of methoxy groups -OCH3 is 1. The van der Waals surface area contributed by atoms with Crippen LogP contribution in [-0.4, -0.2) is 209 Å². The van der Waals surface area contributed by atoms with Crippen molar-refractivity contribution in [3.63, 3.8) is 0 Å². The first-order chi connectivity index (χ1) is 51.2. The van der Waals surface area contributed by atoms with E-state index >= 15 is 0 Å². The number of nitrogens with zero attached hydrogens (tertiary/aromatic N) is 6. The van der Waals surface area contributed by atoms with Gasteiger partial charge in [-0.2, -0.15) is 0 Å². The summed E-state index contributed by atoms with van der Waals surface area (Å²) in [5.74, 6) is -13.5. The van der Waals surface area contributed by atoms with Gasteiger partial charge in [0.25, 0.3) is 17.3 Å². The lowest BCUT2D eigenvalue weighted by Crippen LogP contribution is -2.63. The molecule has 2 heterocycles. The fraction of sp³-hybridized carbons (Fsp3) is 0.545. The summed E-state index contributed by atoms with van der Waals surface area (Å²) in [5.41, 5.74) is 40.4. The number of primary amides is 1. The number of carbonyl (C=O) groups excluding carboxylic acids is 11. The van der Waals surface area contributed by atoms with Crippen molar-refractivity contribution in [2.24, 2.45) is 72.7 Å². The molecule has 0 aliphatic carbocycles. The molecule has 0 bridgehead atoms. The summed E-state index contributed by atoms with van der Waals surface area (Å²) in [6.07, 6.45) is -2.14. The van der Waals surface area contributed by atoms with Crippen LogP contribution in [0.5, 0.6) is 5.75 Å². The Morgan fingerprint density at radius 1 is 0.651 bits per heavy atom. The van der Waals surface area contributed by atoms with E-state index in [0.717, 1.165) is 30.0 Å². The van der Waals surface area contributed by atoms with Gasteiger partial charge in [0.1, 0.15) is 65.4 Å². The number of ketones is 1. The SMILES string of the molecule is COc1ccc2c(CC(=O)[C@@](N)(CCCN=C(N)N)C(=O)N3CCC[C@H]3C(=O)N[C@@H](CC(C)C)C(=O)NCC(=O)N[C@@H](CC(C)C)C(=O)N[C@@H](CNc3ccc([N+](=O)[O-])cc3[N+](=O)[O-])C(=O)N[C@@H](C)C(=O)N[C@H](CCCN=C(N)N)C(=O)N[C@H](CCC(=O)O)C(=O)N[C@H](CCCN=C(N)N)C(N)=O)cc(=O)oc2c1. The van der Waals surface area contributed by atoms with Gasteiger partial charge in [0, 0.05) is 69.2 Å². The number of nitrogens with two attached hydrogens (primary N) is 8. The molecule has 0 unspecified atom stereocenters. The van der Waals surface area contributed by atoms with Gasteiger partial charge in [0.15, 0.2) is 29.2 Å². The molecule has 26 N–H and O–H groups in total. The standard InChI is InChI=1S/C66H99N23O20/c1-33(2)25-44(85-61(102)47-13-9-24-87(47)62(103)66(74,20-10-23-77-65(72)73)50(90)27-36-28-53(94)109-49-30-38(108-6)15-16-39(36)49)56(97)79-32-51(91)81-45(26-34(3)4)59(100)86-46(31-78-40-17-14-37(88(104)105)29-48(40)89(106)107)60(101)80-35(5)55(96)83-42(12-8-22-76-64(70)71)57(98)84-43(18-19-52(92)93)58(99)82-41(54(67)95)11-7-21-75-63(68)69/h14-17,28-30,33-35,41-47,78H,7-13,18-27,31-32,74H2,1-6H3,(H2,67,95)(H,79,97)(H,80,101)(H,81,91)(H,82,99)(H,83,96)(H,84,98)(H,85,102)(H,86,100)(H,92,93)(H4,68,69,75)(H4,70,71,76)(H4,72,73,77)/t35-,41+,42+,43+,44-,45-,46-,47-,66-/m0/s1. The number of nitro groups is 2. The van der Waals surface area contributed by atoms with Crippen LogP contribution < -0.4 is 104 Å². The summed E-state index contributed by atoms with van der Waals surface area (Å²) in [7, 11) is 1.41. The number of carboxylic acids is 1. The minimum Gasteiger partial charge on any atom is -0.497 e. The number of benzene rings is 2. The van der Waals surface area contributed by atoms with Crippen LogP contribution in [0.1, 0.15) is 117 Å². The van der Waals surface area contributed by atoms with Crippen LogP contribution in [0.25, 0.3) is 11.0 Å². The molecule has 43 nitrogen and oxygen atoms in total. The topological polar surface area (TPSA) is 708 Å². The van der Waals surface area contributed by atoms with Gasteiger partial charge in [-0.3, -0.25) is 92.7 Å². The largest absolute Gasteiger partial charge is 0.497 e. The Morgan fingerprint density at radius 3 is 1.75 bits per heavy atom. The quantitative estimate of drug-likeness (QED) is 0.00484. The number of amides is 10. The predicted octanol–water partition coefficient (Wildman–Crippen LogP) is -4.34. The molecule has 0 saturated carbocycles. The Kier molecular flexibility index (Phi) is 34.9. The second-order valence-corrected chi connectivity index (χ2v) is 26.6. The number of likely N-dealkylation sites (tertiary alicyclic amines) is 1. The highest BCUT2D eigenvalue weighted by Crippen LogP contribution is 2.31. The number of hydrogen-bond donors (Lipinski definition) is 18. The Morgan fingerprint density at radius 2 is 1.19 bits per heavy atom. The molecular formula is C66H99N23O20. The van der Waals surface area contributed by atoms with Crippen molar-refractivity contribution in [2.75, 3.05) is 51.7 Å². The van der Waals surface area contributed by atoms with Gasteiger partial charge in [0.2, 0.25) is 53.2 Å². The van der Waals surface area contributed by atoms with Crippen LogP contribution in [0, 0.1) is 32.1 Å². The van der Waals surface area contributed by atoms with Gasteiger partial charge in [0.05, 0.1) is 29.6 Å². The second-order valence-electron chi connectivity index (χ2n) is 26.6. The number of nitro benzene ring substituents is 2. The third-order valence-corrected chi connectivity index (χ3v) is 17.0. The van der Waals surface area contributed by atoms with Gasteiger partial charge in [-0.15, -0.1) is 0 Å². The zero-order valence-corrected chi connectivity index (χ0v) is 61.3. The maximum Gasteiger partial charge on any atom is 0.336 e. The lowest BCUT2D eigenvalue weighted by Gasteiger charge is -2.34. The number of ether oxygens (including phenoxy) is 1. The molecule has 43 heteroatoms. The average molecular weight is 1530 g/mol. The monoisotopic (exact) mass is 1530 g/mol. The molecule has 109 heavy (non-hydrogen) atoms. The number of fused-ring (bicyclic) bond motifs is 1. The Hall–Kier alpha value is -12.3. The zero-order chi connectivity index (χ0) is 81.6. The molecule has 1 aliphatic rings. The number of aliphatic carboxylic acids is 1.